The van der Waals surface area contributed by atoms with Gasteiger partial charge in [0, 0.05) is 36.3 Å². The minimum Gasteiger partial charge on any atom is -0.489 e. The van der Waals surface area contributed by atoms with E-state index in [9.17, 15) is 9.00 Å². The predicted octanol–water partition coefficient (Wildman–Crippen LogP) is 6.74. The number of methoxy groups -OCH3 is 1. The van der Waals surface area contributed by atoms with Crippen LogP contribution in [-0.4, -0.2) is 37.9 Å². The van der Waals surface area contributed by atoms with Crippen molar-refractivity contribution in [1.82, 2.24) is 14.5 Å². The number of carbonyl (C=O) groups excluding carboxylic acids is 1. The number of rotatable bonds is 9. The maximum Gasteiger partial charge on any atom is 0.337 e. The van der Waals surface area contributed by atoms with Crippen molar-refractivity contribution < 1.29 is 18.5 Å². The summed E-state index contributed by atoms with van der Waals surface area (Å²) in [5.74, 6) is 1.17. The molecular weight excluding hydrogens is 546 g/mol. The number of esters is 1. The number of fused-ring (bicyclic) bond motifs is 1. The zero-order chi connectivity index (χ0) is 28.9. The summed E-state index contributed by atoms with van der Waals surface area (Å²) in [7, 11) is -0.0765. The van der Waals surface area contributed by atoms with Gasteiger partial charge in [0.1, 0.15) is 11.6 Å². The van der Waals surface area contributed by atoms with Crippen LogP contribution in [0.2, 0.25) is 0 Å². The van der Waals surface area contributed by atoms with E-state index in [2.05, 4.69) is 21.7 Å². The minimum atomic E-state index is -1.46. The van der Waals surface area contributed by atoms with Crippen LogP contribution >= 0.6 is 0 Å². The standard InChI is InChI=1S/C34H33N3O4S/c1-40-34(38)26-14-12-25(13-15-26)23-37-30-22-31(41-27-10-6-3-7-11-27)32(42(39)28-16-18-35-19-17-28)21-29(30)36-33(37)20-24-8-4-2-5-9-24/h2,4-5,8-9,12-19,21-22,27H,3,6-7,10-11,20,23H2,1H3. The van der Waals surface area contributed by atoms with Crippen LogP contribution in [0.1, 0.15) is 59.4 Å². The summed E-state index contributed by atoms with van der Waals surface area (Å²) in [6, 6.07) is 25.2. The Hall–Kier alpha value is -4.30. The van der Waals surface area contributed by atoms with Crippen LogP contribution in [0.4, 0.5) is 0 Å². The van der Waals surface area contributed by atoms with E-state index < -0.39 is 10.8 Å². The van der Waals surface area contributed by atoms with E-state index >= 15 is 0 Å². The molecule has 0 bridgehead atoms. The van der Waals surface area contributed by atoms with Gasteiger partial charge in [0.05, 0.1) is 45.5 Å². The molecule has 7 nitrogen and oxygen atoms in total. The molecule has 6 rings (SSSR count). The summed E-state index contributed by atoms with van der Waals surface area (Å²) in [5, 5.41) is 0. The monoisotopic (exact) mass is 579 g/mol. The maximum atomic E-state index is 13.9. The molecule has 1 saturated carbocycles. The highest BCUT2D eigenvalue weighted by atomic mass is 32.2. The molecule has 1 aliphatic carbocycles. The third-order valence-electron chi connectivity index (χ3n) is 7.72. The molecule has 1 unspecified atom stereocenters. The lowest BCUT2D eigenvalue weighted by Crippen LogP contribution is -2.20. The van der Waals surface area contributed by atoms with Gasteiger partial charge in [0.15, 0.2) is 0 Å². The van der Waals surface area contributed by atoms with E-state index in [1.165, 1.54) is 13.5 Å². The first-order valence-electron chi connectivity index (χ1n) is 14.3. The van der Waals surface area contributed by atoms with Crippen molar-refractivity contribution in [2.45, 2.75) is 61.0 Å². The Morgan fingerprint density at radius 1 is 0.929 bits per heavy atom. The van der Waals surface area contributed by atoms with Crippen LogP contribution in [0.5, 0.6) is 5.75 Å². The lowest BCUT2D eigenvalue weighted by molar-refractivity contribution is 0.0600. The Bertz CT molecular complexity index is 1700. The van der Waals surface area contributed by atoms with Gasteiger partial charge in [-0.3, -0.25) is 4.98 Å². The van der Waals surface area contributed by atoms with Crippen molar-refractivity contribution >= 4 is 27.8 Å². The average Bonchev–Trinajstić information content (AvgIpc) is 3.36. The van der Waals surface area contributed by atoms with E-state index in [0.29, 0.717) is 34.1 Å². The summed E-state index contributed by atoms with van der Waals surface area (Å²) < 4.78 is 27.6. The van der Waals surface area contributed by atoms with Crippen molar-refractivity contribution in [3.63, 3.8) is 0 Å². The molecule has 0 amide bonds. The highest BCUT2D eigenvalue weighted by Crippen LogP contribution is 2.35. The van der Waals surface area contributed by atoms with Gasteiger partial charge in [-0.2, -0.15) is 0 Å². The van der Waals surface area contributed by atoms with E-state index in [1.807, 2.05) is 42.5 Å². The molecule has 0 saturated heterocycles. The molecule has 0 radical (unpaired) electrons. The Balaban J connectivity index is 1.46. The summed E-state index contributed by atoms with van der Waals surface area (Å²) in [6.45, 7) is 0.551. The first kappa shape index (κ1) is 27.8. The second-order valence-corrected chi connectivity index (χ2v) is 12.0. The number of hydrogen-bond donors (Lipinski definition) is 0. The first-order valence-corrected chi connectivity index (χ1v) is 15.5. The van der Waals surface area contributed by atoms with Crippen LogP contribution in [0.15, 0.2) is 101 Å². The van der Waals surface area contributed by atoms with Gasteiger partial charge in [-0.1, -0.05) is 48.9 Å². The molecule has 0 spiro atoms. The zero-order valence-electron chi connectivity index (χ0n) is 23.6. The van der Waals surface area contributed by atoms with E-state index in [-0.39, 0.29) is 12.1 Å². The number of hydrogen-bond acceptors (Lipinski definition) is 6. The SMILES string of the molecule is COC(=O)c1ccc(Cn2c(Cc3ccccc3)nc3cc(S(=O)c4ccncc4)c(OC4CCCCC4)cc32)cc1. The highest BCUT2D eigenvalue weighted by Gasteiger charge is 2.23. The number of imidazole rings is 1. The van der Waals surface area contributed by atoms with Gasteiger partial charge in [-0.05, 0) is 67.1 Å². The van der Waals surface area contributed by atoms with Crippen molar-refractivity contribution in [2.75, 3.05) is 7.11 Å². The third kappa shape index (κ3) is 6.14. The number of carbonyl (C=O) groups is 1. The molecule has 3 aromatic carbocycles. The van der Waals surface area contributed by atoms with Crippen molar-refractivity contribution in [3.8, 4) is 5.75 Å². The maximum absolute atomic E-state index is 13.9. The van der Waals surface area contributed by atoms with Gasteiger partial charge < -0.3 is 14.0 Å². The minimum absolute atomic E-state index is 0.0930. The van der Waals surface area contributed by atoms with E-state index in [0.717, 1.165) is 53.7 Å². The lowest BCUT2D eigenvalue weighted by atomic mass is 9.98. The Morgan fingerprint density at radius 3 is 2.38 bits per heavy atom. The quantitative estimate of drug-likeness (QED) is 0.180. The van der Waals surface area contributed by atoms with Gasteiger partial charge in [-0.15, -0.1) is 0 Å². The van der Waals surface area contributed by atoms with Gasteiger partial charge in [0.2, 0.25) is 0 Å². The largest absolute Gasteiger partial charge is 0.489 e. The fourth-order valence-electron chi connectivity index (χ4n) is 5.51. The number of ether oxygens (including phenoxy) is 2. The summed E-state index contributed by atoms with van der Waals surface area (Å²) in [4.78, 5) is 22.5. The zero-order valence-corrected chi connectivity index (χ0v) is 24.4. The molecule has 8 heteroatoms. The first-order chi connectivity index (χ1) is 20.6. The topological polar surface area (TPSA) is 83.3 Å². The summed E-state index contributed by atoms with van der Waals surface area (Å²) in [5.41, 5.74) is 4.36. The molecule has 1 atom stereocenters. The molecule has 42 heavy (non-hydrogen) atoms. The Morgan fingerprint density at radius 2 is 1.67 bits per heavy atom. The molecule has 1 aliphatic rings. The summed E-state index contributed by atoms with van der Waals surface area (Å²) >= 11 is 0. The van der Waals surface area contributed by atoms with Crippen molar-refractivity contribution in [2.24, 2.45) is 0 Å². The fourth-order valence-corrected chi connectivity index (χ4v) is 6.64. The van der Waals surface area contributed by atoms with Gasteiger partial charge in [-0.25, -0.2) is 14.0 Å². The lowest BCUT2D eigenvalue weighted by Gasteiger charge is -2.24. The molecule has 2 aromatic heterocycles. The van der Waals surface area contributed by atoms with Crippen LogP contribution in [0, 0.1) is 0 Å². The van der Waals surface area contributed by atoms with Crippen LogP contribution < -0.4 is 4.74 Å². The predicted molar refractivity (Wildman–Crippen MR) is 162 cm³/mol. The molecule has 214 valence electrons. The molecule has 0 aliphatic heterocycles. The molecular formula is C34H33N3O4S. The van der Waals surface area contributed by atoms with Crippen LogP contribution in [0.25, 0.3) is 11.0 Å². The number of benzene rings is 3. The van der Waals surface area contributed by atoms with E-state index in [1.54, 1.807) is 36.7 Å². The summed E-state index contributed by atoms with van der Waals surface area (Å²) in [6.07, 6.45) is 9.52. The van der Waals surface area contributed by atoms with E-state index in [4.69, 9.17) is 14.5 Å². The number of nitrogens with zero attached hydrogens (tertiary/aromatic N) is 3. The number of aromatic nitrogens is 3. The average molecular weight is 580 g/mol. The van der Waals surface area contributed by atoms with Crippen LogP contribution in [0.3, 0.4) is 0 Å². The fraction of sp³-hybridized carbons (Fsp3) is 0.265. The Kier molecular flexibility index (Phi) is 8.42. The second kappa shape index (κ2) is 12.7. The molecule has 0 N–H and O–H groups in total. The molecule has 2 heterocycles. The van der Waals surface area contributed by atoms with Crippen molar-refractivity contribution in [3.05, 3.63) is 114 Å². The Labute approximate surface area is 248 Å². The third-order valence-corrected chi connectivity index (χ3v) is 9.14. The smallest absolute Gasteiger partial charge is 0.337 e. The molecule has 5 aromatic rings. The number of pyridine rings is 1. The normalized spacial score (nSPS) is 14.5. The molecule has 1 fully saturated rings. The highest BCUT2D eigenvalue weighted by molar-refractivity contribution is 7.85. The van der Waals surface area contributed by atoms with Crippen molar-refractivity contribution in [1.29, 1.82) is 0 Å². The van der Waals surface area contributed by atoms with Crippen LogP contribution in [-0.2, 0) is 28.5 Å². The second-order valence-electron chi connectivity index (χ2n) is 10.6. The van der Waals surface area contributed by atoms with Gasteiger partial charge in [0.25, 0.3) is 0 Å². The van der Waals surface area contributed by atoms with Gasteiger partial charge >= 0.3 is 5.97 Å².